The van der Waals surface area contributed by atoms with Crippen molar-refractivity contribution in [1.29, 1.82) is 0 Å². The van der Waals surface area contributed by atoms with Gasteiger partial charge in [0.25, 0.3) is 0 Å². The van der Waals surface area contributed by atoms with E-state index in [1.807, 2.05) is 0 Å². The minimum Gasteiger partial charge on any atom is -0.469 e. The predicted molar refractivity (Wildman–Crippen MR) is 68.6 cm³/mol. The van der Waals surface area contributed by atoms with E-state index < -0.39 is 17.6 Å². The van der Waals surface area contributed by atoms with Gasteiger partial charge >= 0.3 is 5.97 Å². The van der Waals surface area contributed by atoms with E-state index in [2.05, 4.69) is 20.7 Å². The fourth-order valence-corrected chi connectivity index (χ4v) is 1.90. The maximum atomic E-state index is 13.6. The van der Waals surface area contributed by atoms with Gasteiger partial charge in [0, 0.05) is 18.4 Å². The Balaban J connectivity index is 2.55. The van der Waals surface area contributed by atoms with Gasteiger partial charge in [-0.2, -0.15) is 0 Å². The molecule has 0 N–H and O–H groups in total. The number of hydrogen-bond acceptors (Lipinski definition) is 3. The zero-order chi connectivity index (χ0) is 14.4. The lowest BCUT2D eigenvalue weighted by Crippen LogP contribution is -2.07. The SMILES string of the molecule is COC(=O)CCC(=O)CCc1c(F)ccc(Br)c1F. The summed E-state index contributed by atoms with van der Waals surface area (Å²) >= 11 is 2.96. The van der Waals surface area contributed by atoms with Crippen LogP contribution in [0.4, 0.5) is 8.78 Å². The summed E-state index contributed by atoms with van der Waals surface area (Å²) in [6, 6.07) is 2.41. The molecule has 0 aliphatic carbocycles. The van der Waals surface area contributed by atoms with Crippen molar-refractivity contribution in [1.82, 2.24) is 0 Å². The van der Waals surface area contributed by atoms with Gasteiger partial charge in [0.15, 0.2) is 0 Å². The molecule has 3 nitrogen and oxygen atoms in total. The van der Waals surface area contributed by atoms with Crippen LogP contribution < -0.4 is 0 Å². The summed E-state index contributed by atoms with van der Waals surface area (Å²) < 4.78 is 31.6. The lowest BCUT2D eigenvalue weighted by Gasteiger charge is -2.06. The monoisotopic (exact) mass is 334 g/mol. The smallest absolute Gasteiger partial charge is 0.305 e. The first-order valence-electron chi connectivity index (χ1n) is 5.66. The number of esters is 1. The molecule has 0 aromatic heterocycles. The first-order valence-corrected chi connectivity index (χ1v) is 6.46. The number of Topliss-reactive ketones (excluding diaryl/α,β-unsaturated/α-hetero) is 1. The molecule has 0 saturated carbocycles. The largest absolute Gasteiger partial charge is 0.469 e. The predicted octanol–water partition coefficient (Wildman–Crippen LogP) is 3.18. The van der Waals surface area contributed by atoms with E-state index in [9.17, 15) is 18.4 Å². The molecule has 0 atom stereocenters. The summed E-state index contributed by atoms with van der Waals surface area (Å²) in [6.07, 6.45) is -0.0406. The van der Waals surface area contributed by atoms with E-state index in [1.54, 1.807) is 0 Å². The molecule has 0 fully saturated rings. The molecule has 0 unspecified atom stereocenters. The Hall–Kier alpha value is -1.30. The van der Waals surface area contributed by atoms with Crippen LogP contribution in [0.5, 0.6) is 0 Å². The van der Waals surface area contributed by atoms with E-state index in [0.717, 1.165) is 6.07 Å². The first-order chi connectivity index (χ1) is 8.95. The Morgan fingerprint density at radius 2 is 1.89 bits per heavy atom. The minimum absolute atomic E-state index is 0.0126. The molecular formula is C13H13BrF2O3. The van der Waals surface area contributed by atoms with Crippen LogP contribution in [0.2, 0.25) is 0 Å². The van der Waals surface area contributed by atoms with Crippen LogP contribution in [0, 0.1) is 11.6 Å². The van der Waals surface area contributed by atoms with Gasteiger partial charge in [0.2, 0.25) is 0 Å². The van der Waals surface area contributed by atoms with Crippen molar-refractivity contribution >= 4 is 27.7 Å². The Bertz CT molecular complexity index is 489. The molecule has 6 heteroatoms. The Morgan fingerprint density at radius 1 is 1.21 bits per heavy atom. The summed E-state index contributed by atoms with van der Waals surface area (Å²) in [4.78, 5) is 22.3. The molecule has 1 aromatic rings. The number of ether oxygens (including phenoxy) is 1. The molecule has 1 aromatic carbocycles. The molecule has 0 aliphatic rings. The topological polar surface area (TPSA) is 43.4 Å². The summed E-state index contributed by atoms with van der Waals surface area (Å²) in [6.45, 7) is 0. The van der Waals surface area contributed by atoms with Crippen LogP contribution >= 0.6 is 15.9 Å². The van der Waals surface area contributed by atoms with Crippen LogP contribution in [-0.2, 0) is 20.7 Å². The van der Waals surface area contributed by atoms with Crippen LogP contribution in [0.1, 0.15) is 24.8 Å². The molecular weight excluding hydrogens is 322 g/mol. The fraction of sp³-hybridized carbons (Fsp3) is 0.385. The Kier molecular flexibility index (Phi) is 6.08. The number of methoxy groups -OCH3 is 1. The van der Waals surface area contributed by atoms with Crippen LogP contribution in [0.3, 0.4) is 0 Å². The average molecular weight is 335 g/mol. The van der Waals surface area contributed by atoms with Crippen molar-refractivity contribution < 1.29 is 23.1 Å². The molecule has 0 bridgehead atoms. The molecule has 19 heavy (non-hydrogen) atoms. The minimum atomic E-state index is -0.694. The third kappa shape index (κ3) is 4.70. The lowest BCUT2D eigenvalue weighted by molar-refractivity contribution is -0.141. The second kappa shape index (κ2) is 7.33. The van der Waals surface area contributed by atoms with Crippen molar-refractivity contribution in [3.8, 4) is 0 Å². The Labute approximate surface area is 118 Å². The number of hydrogen-bond donors (Lipinski definition) is 0. The summed E-state index contributed by atoms with van der Waals surface area (Å²) in [7, 11) is 1.24. The standard InChI is InChI=1S/C13H13BrF2O3/c1-19-12(18)7-3-8(17)2-4-9-11(15)6-5-10(14)13(9)16/h5-6H,2-4,7H2,1H3. The van der Waals surface area contributed by atoms with Gasteiger partial charge < -0.3 is 4.74 Å². The zero-order valence-electron chi connectivity index (χ0n) is 10.3. The molecule has 0 amide bonds. The first kappa shape index (κ1) is 15.8. The van der Waals surface area contributed by atoms with Crippen molar-refractivity contribution in [2.24, 2.45) is 0 Å². The van der Waals surface area contributed by atoms with Gasteiger partial charge in [-0.1, -0.05) is 0 Å². The highest BCUT2D eigenvalue weighted by Gasteiger charge is 2.14. The number of benzene rings is 1. The normalized spacial score (nSPS) is 10.3. The van der Waals surface area contributed by atoms with Gasteiger partial charge in [-0.05, 0) is 34.5 Å². The van der Waals surface area contributed by atoms with E-state index in [-0.39, 0.29) is 41.5 Å². The van der Waals surface area contributed by atoms with Crippen molar-refractivity contribution in [2.75, 3.05) is 7.11 Å². The maximum absolute atomic E-state index is 13.6. The third-order valence-corrected chi connectivity index (χ3v) is 3.24. The van der Waals surface area contributed by atoms with E-state index >= 15 is 0 Å². The van der Waals surface area contributed by atoms with Crippen molar-refractivity contribution in [3.63, 3.8) is 0 Å². The van der Waals surface area contributed by atoms with Crippen molar-refractivity contribution in [2.45, 2.75) is 25.7 Å². The number of carbonyl (C=O) groups excluding carboxylic acids is 2. The molecule has 0 saturated heterocycles. The van der Waals surface area contributed by atoms with Crippen LogP contribution in [-0.4, -0.2) is 18.9 Å². The second-order valence-electron chi connectivity index (χ2n) is 3.94. The maximum Gasteiger partial charge on any atom is 0.305 e. The van der Waals surface area contributed by atoms with Crippen LogP contribution in [0.15, 0.2) is 16.6 Å². The molecule has 0 spiro atoms. The zero-order valence-corrected chi connectivity index (χ0v) is 11.9. The summed E-state index contributed by atoms with van der Waals surface area (Å²) in [5, 5.41) is 0. The highest BCUT2D eigenvalue weighted by Crippen LogP contribution is 2.22. The molecule has 0 radical (unpaired) electrons. The highest BCUT2D eigenvalue weighted by atomic mass is 79.9. The second-order valence-corrected chi connectivity index (χ2v) is 4.79. The van der Waals surface area contributed by atoms with E-state index in [1.165, 1.54) is 13.2 Å². The van der Waals surface area contributed by atoms with Gasteiger partial charge in [-0.3, -0.25) is 9.59 Å². The summed E-state index contributed by atoms with van der Waals surface area (Å²) in [5.41, 5.74) is -0.124. The molecule has 0 heterocycles. The van der Waals surface area contributed by atoms with E-state index in [4.69, 9.17) is 0 Å². The molecule has 1 rings (SSSR count). The number of halogens is 3. The van der Waals surface area contributed by atoms with Gasteiger partial charge in [0.05, 0.1) is 18.0 Å². The fourth-order valence-electron chi connectivity index (χ4n) is 1.53. The van der Waals surface area contributed by atoms with E-state index in [0.29, 0.717) is 0 Å². The molecule has 0 aliphatic heterocycles. The average Bonchev–Trinajstić information content (AvgIpc) is 2.40. The summed E-state index contributed by atoms with van der Waals surface area (Å²) in [5.74, 6) is -2.08. The van der Waals surface area contributed by atoms with Crippen molar-refractivity contribution in [3.05, 3.63) is 33.8 Å². The highest BCUT2D eigenvalue weighted by molar-refractivity contribution is 9.10. The number of ketones is 1. The van der Waals surface area contributed by atoms with Gasteiger partial charge in [-0.25, -0.2) is 8.78 Å². The third-order valence-electron chi connectivity index (χ3n) is 2.63. The quantitative estimate of drug-likeness (QED) is 0.592. The lowest BCUT2D eigenvalue weighted by atomic mass is 10.0. The van der Waals surface area contributed by atoms with Gasteiger partial charge in [0.1, 0.15) is 17.4 Å². The number of carbonyl (C=O) groups is 2. The number of rotatable bonds is 6. The Morgan fingerprint density at radius 3 is 2.53 bits per heavy atom. The van der Waals surface area contributed by atoms with Gasteiger partial charge in [-0.15, -0.1) is 0 Å². The molecule has 104 valence electrons. The van der Waals surface area contributed by atoms with Crippen LogP contribution in [0.25, 0.3) is 0 Å².